The first-order valence-electron chi connectivity index (χ1n) is 17.1. The number of aromatic nitrogens is 2. The zero-order valence-corrected chi connectivity index (χ0v) is 27.8. The van der Waals surface area contributed by atoms with Crippen LogP contribution in [0.1, 0.15) is 74.9 Å². The predicted octanol–water partition coefficient (Wildman–Crippen LogP) is 11.5. The van der Waals surface area contributed by atoms with Crippen LogP contribution in [-0.4, -0.2) is 9.13 Å². The third-order valence-electron chi connectivity index (χ3n) is 12.3. The van der Waals surface area contributed by atoms with E-state index in [0.717, 1.165) is 0 Å². The molecule has 226 valence electrons. The smallest absolute Gasteiger partial charge is 0.0585 e. The van der Waals surface area contributed by atoms with Crippen LogP contribution in [0.25, 0.3) is 66.1 Å². The van der Waals surface area contributed by atoms with E-state index >= 15 is 0 Å². The van der Waals surface area contributed by atoms with Gasteiger partial charge in [0.25, 0.3) is 0 Å². The molecule has 0 spiro atoms. The molecule has 0 atom stereocenters. The Kier molecular flexibility index (Phi) is 4.37. The third-order valence-corrected chi connectivity index (χ3v) is 12.3. The van der Waals surface area contributed by atoms with Gasteiger partial charge in [0, 0.05) is 37.8 Å². The fourth-order valence-electron chi connectivity index (χ4n) is 10.5. The summed E-state index contributed by atoms with van der Waals surface area (Å²) < 4.78 is 5.14. The van der Waals surface area contributed by atoms with Crippen molar-refractivity contribution >= 4 is 43.6 Å². The van der Waals surface area contributed by atoms with Gasteiger partial charge in [-0.1, -0.05) is 114 Å². The Morgan fingerprint density at radius 2 is 0.766 bits per heavy atom. The Labute approximate surface area is 274 Å². The maximum absolute atomic E-state index is 2.57. The first kappa shape index (κ1) is 26.0. The molecule has 2 aliphatic heterocycles. The van der Waals surface area contributed by atoms with Crippen molar-refractivity contribution in [1.82, 2.24) is 9.13 Å². The second-order valence-corrected chi connectivity index (χ2v) is 15.8. The molecule has 0 fully saturated rings. The fraction of sp³-hybridized carbons (Fsp3) is 0.200. The van der Waals surface area contributed by atoms with E-state index in [1.807, 2.05) is 0 Å². The van der Waals surface area contributed by atoms with E-state index in [9.17, 15) is 0 Å². The lowest BCUT2D eigenvalue weighted by Crippen LogP contribution is -2.33. The Morgan fingerprint density at radius 3 is 1.21 bits per heavy atom. The largest absolute Gasteiger partial charge is 0.309 e. The van der Waals surface area contributed by atoms with Gasteiger partial charge in [-0.05, 0) is 80.9 Å². The van der Waals surface area contributed by atoms with Gasteiger partial charge in [-0.3, -0.25) is 0 Å². The summed E-state index contributed by atoms with van der Waals surface area (Å²) in [7, 11) is 0. The number of nitrogens with zero attached hydrogens (tertiary/aromatic N) is 2. The highest BCUT2D eigenvalue weighted by molar-refractivity contribution is 6.17. The Hall–Kier alpha value is -5.08. The lowest BCUT2D eigenvalue weighted by atomic mass is 9.65. The summed E-state index contributed by atoms with van der Waals surface area (Å²) in [6.45, 7) is 14.9. The van der Waals surface area contributed by atoms with E-state index in [0.29, 0.717) is 0 Å². The van der Waals surface area contributed by atoms with Crippen LogP contribution in [0, 0.1) is 0 Å². The first-order chi connectivity index (χ1) is 22.6. The molecule has 47 heavy (non-hydrogen) atoms. The van der Waals surface area contributed by atoms with Crippen LogP contribution >= 0.6 is 0 Å². The number of fused-ring (bicyclic) bond motifs is 15. The van der Waals surface area contributed by atoms with Crippen molar-refractivity contribution in [3.05, 3.63) is 143 Å². The Morgan fingerprint density at radius 1 is 0.383 bits per heavy atom. The number of benzene rings is 6. The molecule has 0 N–H and O–H groups in total. The molecular formula is C45H36N2. The first-order valence-corrected chi connectivity index (χ1v) is 17.1. The van der Waals surface area contributed by atoms with Crippen molar-refractivity contribution < 1.29 is 0 Å². The van der Waals surface area contributed by atoms with Crippen LogP contribution in [0.5, 0.6) is 0 Å². The maximum Gasteiger partial charge on any atom is 0.0585 e. The number of hydrogen-bond acceptors (Lipinski definition) is 0. The summed E-state index contributed by atoms with van der Waals surface area (Å²) >= 11 is 0. The van der Waals surface area contributed by atoms with Gasteiger partial charge >= 0.3 is 0 Å². The molecule has 3 aliphatic rings. The molecule has 2 nitrogen and oxygen atoms in total. The summed E-state index contributed by atoms with van der Waals surface area (Å²) in [5, 5.41) is 5.39. The van der Waals surface area contributed by atoms with Gasteiger partial charge in [0.1, 0.15) is 0 Å². The van der Waals surface area contributed by atoms with Gasteiger partial charge < -0.3 is 9.13 Å². The number of hydrogen-bond donors (Lipinski definition) is 0. The molecule has 0 saturated carbocycles. The van der Waals surface area contributed by atoms with Crippen molar-refractivity contribution in [2.45, 2.75) is 57.8 Å². The molecule has 0 unspecified atom stereocenters. The van der Waals surface area contributed by atoms with Gasteiger partial charge in [-0.25, -0.2) is 0 Å². The molecule has 11 rings (SSSR count). The normalized spacial score (nSPS) is 17.2. The number of rotatable bonds is 0. The molecule has 6 aromatic carbocycles. The molecule has 0 bridgehead atoms. The molecule has 8 aromatic rings. The minimum absolute atomic E-state index is 0.176. The van der Waals surface area contributed by atoms with Crippen molar-refractivity contribution in [1.29, 1.82) is 0 Å². The molecule has 1 aliphatic carbocycles. The molecule has 2 aromatic heterocycles. The van der Waals surface area contributed by atoms with Gasteiger partial charge in [0.2, 0.25) is 0 Å². The second-order valence-electron chi connectivity index (χ2n) is 15.8. The average molecular weight is 605 g/mol. The predicted molar refractivity (Wildman–Crippen MR) is 197 cm³/mol. The highest BCUT2D eigenvalue weighted by Crippen LogP contribution is 2.62. The lowest BCUT2D eigenvalue weighted by molar-refractivity contribution is 0.561. The third kappa shape index (κ3) is 2.72. The van der Waals surface area contributed by atoms with E-state index in [4.69, 9.17) is 0 Å². The zero-order chi connectivity index (χ0) is 31.8. The minimum atomic E-state index is -0.215. The molecule has 0 amide bonds. The Balaban J connectivity index is 1.39. The van der Waals surface area contributed by atoms with E-state index in [1.165, 1.54) is 99.5 Å². The van der Waals surface area contributed by atoms with Crippen LogP contribution in [0.2, 0.25) is 0 Å². The molecule has 0 saturated heterocycles. The van der Waals surface area contributed by atoms with Gasteiger partial charge in [0.15, 0.2) is 0 Å². The van der Waals surface area contributed by atoms with Crippen molar-refractivity contribution in [2.75, 3.05) is 0 Å². The number of para-hydroxylation sites is 4. The van der Waals surface area contributed by atoms with E-state index < -0.39 is 0 Å². The summed E-state index contributed by atoms with van der Waals surface area (Å²) in [6.07, 6.45) is 0. The maximum atomic E-state index is 2.57. The van der Waals surface area contributed by atoms with Crippen LogP contribution in [0.15, 0.2) is 109 Å². The average Bonchev–Trinajstić information content (AvgIpc) is 3.66. The SMILES string of the molecule is CC1(C)c2c(cc3c4ccccc4n4c3c2C(C)(C)c2ccccc2-4)-c2cc3c4ccccc4n4c3c(c21)C(C)(C)c1ccccc1-4. The van der Waals surface area contributed by atoms with E-state index in [2.05, 4.69) is 160 Å². The van der Waals surface area contributed by atoms with Gasteiger partial charge in [-0.2, -0.15) is 0 Å². The van der Waals surface area contributed by atoms with Gasteiger partial charge in [0.05, 0.1) is 33.4 Å². The molecule has 0 radical (unpaired) electrons. The fourth-order valence-corrected chi connectivity index (χ4v) is 10.5. The summed E-state index contributed by atoms with van der Waals surface area (Å²) in [4.78, 5) is 0. The molecule has 2 heteroatoms. The Bertz CT molecular complexity index is 2570. The van der Waals surface area contributed by atoms with Crippen LogP contribution < -0.4 is 0 Å². The summed E-state index contributed by atoms with van der Waals surface area (Å²) in [6, 6.07) is 41.4. The minimum Gasteiger partial charge on any atom is -0.309 e. The van der Waals surface area contributed by atoms with Crippen molar-refractivity contribution in [3.8, 4) is 22.5 Å². The topological polar surface area (TPSA) is 9.86 Å². The standard InChI is InChI=1S/C45H36N2/c1-43(2)31-17-9-13-21-35(31)46-33-19-11-7-15-25(33)29-23-27-28-24-30-26-16-8-12-20-34(26)47-36-22-14-10-18-32(36)44(3,4)40(42(30)47)38(28)45(5,6)37(27)39(43)41(29)46/h7-24H,1-6H3. The van der Waals surface area contributed by atoms with Crippen molar-refractivity contribution in [3.63, 3.8) is 0 Å². The quantitative estimate of drug-likeness (QED) is 0.163. The van der Waals surface area contributed by atoms with Crippen LogP contribution in [0.4, 0.5) is 0 Å². The van der Waals surface area contributed by atoms with Crippen molar-refractivity contribution in [2.24, 2.45) is 0 Å². The highest BCUT2D eigenvalue weighted by Gasteiger charge is 2.50. The summed E-state index contributed by atoms with van der Waals surface area (Å²) in [5.41, 5.74) is 19.0. The lowest BCUT2D eigenvalue weighted by Gasteiger charge is -2.41. The second kappa shape index (κ2) is 7.89. The molecular weight excluding hydrogens is 569 g/mol. The summed E-state index contributed by atoms with van der Waals surface area (Å²) in [5.74, 6) is 0. The monoisotopic (exact) mass is 604 g/mol. The molecule has 4 heterocycles. The van der Waals surface area contributed by atoms with Gasteiger partial charge in [-0.15, -0.1) is 0 Å². The van der Waals surface area contributed by atoms with E-state index in [-0.39, 0.29) is 16.2 Å². The van der Waals surface area contributed by atoms with Crippen LogP contribution in [-0.2, 0) is 16.2 Å². The van der Waals surface area contributed by atoms with Crippen LogP contribution in [0.3, 0.4) is 0 Å². The highest BCUT2D eigenvalue weighted by atomic mass is 15.0. The van der Waals surface area contributed by atoms with E-state index in [1.54, 1.807) is 0 Å². The zero-order valence-electron chi connectivity index (χ0n) is 27.8.